The molecule has 1 aliphatic heterocycles. The molecule has 2 aromatic rings. The van der Waals surface area contributed by atoms with E-state index in [9.17, 15) is 0 Å². The minimum Gasteiger partial charge on any atom is -0.360 e. The van der Waals surface area contributed by atoms with Gasteiger partial charge in [0, 0.05) is 38.8 Å². The normalized spacial score (nSPS) is 17.9. The van der Waals surface area contributed by atoms with Crippen molar-refractivity contribution in [3.8, 4) is 0 Å². The SMILES string of the molecule is Cc1cc(CN2CCN(Cc3cnns3)CC2)on1. The van der Waals surface area contributed by atoms with E-state index >= 15 is 0 Å². The van der Waals surface area contributed by atoms with Gasteiger partial charge in [-0.25, -0.2) is 0 Å². The molecule has 3 rings (SSSR count). The minimum absolute atomic E-state index is 0.858. The Hall–Kier alpha value is -1.31. The van der Waals surface area contributed by atoms with Crippen molar-refractivity contribution in [2.45, 2.75) is 20.0 Å². The third kappa shape index (κ3) is 3.37. The molecule has 0 bridgehead atoms. The first-order valence-electron chi connectivity index (χ1n) is 6.43. The van der Waals surface area contributed by atoms with E-state index in [1.807, 2.05) is 19.2 Å². The molecule has 2 aromatic heterocycles. The number of hydrogen-bond acceptors (Lipinski definition) is 7. The molecular formula is C12H17N5OS. The Bertz CT molecular complexity index is 504. The minimum atomic E-state index is 0.858. The van der Waals surface area contributed by atoms with E-state index in [0.717, 1.165) is 50.7 Å². The molecule has 1 saturated heterocycles. The maximum Gasteiger partial charge on any atom is 0.150 e. The summed E-state index contributed by atoms with van der Waals surface area (Å²) in [7, 11) is 0. The van der Waals surface area contributed by atoms with Gasteiger partial charge in [0.2, 0.25) is 0 Å². The van der Waals surface area contributed by atoms with E-state index in [1.54, 1.807) is 0 Å². The van der Waals surface area contributed by atoms with Crippen molar-refractivity contribution in [2.75, 3.05) is 26.2 Å². The summed E-state index contributed by atoms with van der Waals surface area (Å²) >= 11 is 1.48. The third-order valence-corrected chi connectivity index (χ3v) is 3.95. The van der Waals surface area contributed by atoms with E-state index in [2.05, 4.69) is 24.5 Å². The van der Waals surface area contributed by atoms with Gasteiger partial charge in [0.25, 0.3) is 0 Å². The molecule has 0 unspecified atom stereocenters. The van der Waals surface area contributed by atoms with Crippen molar-refractivity contribution in [3.05, 3.63) is 28.6 Å². The van der Waals surface area contributed by atoms with E-state index in [0.29, 0.717) is 0 Å². The summed E-state index contributed by atoms with van der Waals surface area (Å²) in [4.78, 5) is 6.08. The van der Waals surface area contributed by atoms with Crippen molar-refractivity contribution in [1.82, 2.24) is 24.5 Å². The van der Waals surface area contributed by atoms with Gasteiger partial charge in [-0.15, -0.1) is 5.10 Å². The van der Waals surface area contributed by atoms with E-state index in [-0.39, 0.29) is 0 Å². The summed E-state index contributed by atoms with van der Waals surface area (Å²) in [5.41, 5.74) is 0.950. The van der Waals surface area contributed by atoms with Crippen molar-refractivity contribution >= 4 is 11.5 Å². The molecule has 19 heavy (non-hydrogen) atoms. The highest BCUT2D eigenvalue weighted by molar-refractivity contribution is 7.05. The van der Waals surface area contributed by atoms with E-state index in [4.69, 9.17) is 4.52 Å². The molecule has 7 heteroatoms. The van der Waals surface area contributed by atoms with Crippen LogP contribution in [0.5, 0.6) is 0 Å². The largest absolute Gasteiger partial charge is 0.360 e. The molecule has 0 aliphatic carbocycles. The second-order valence-corrected chi connectivity index (χ2v) is 5.74. The average molecular weight is 279 g/mol. The number of aromatic nitrogens is 3. The lowest BCUT2D eigenvalue weighted by molar-refractivity contribution is 0.114. The topological polar surface area (TPSA) is 58.3 Å². The van der Waals surface area contributed by atoms with Gasteiger partial charge in [0.1, 0.15) is 0 Å². The van der Waals surface area contributed by atoms with Gasteiger partial charge >= 0.3 is 0 Å². The summed E-state index contributed by atoms with van der Waals surface area (Å²) in [5, 5.41) is 7.80. The highest BCUT2D eigenvalue weighted by atomic mass is 32.1. The fourth-order valence-electron chi connectivity index (χ4n) is 2.29. The van der Waals surface area contributed by atoms with Crippen LogP contribution in [-0.2, 0) is 13.1 Å². The van der Waals surface area contributed by atoms with Crippen molar-refractivity contribution in [3.63, 3.8) is 0 Å². The summed E-state index contributed by atoms with van der Waals surface area (Å²) < 4.78 is 9.15. The first-order valence-corrected chi connectivity index (χ1v) is 7.20. The Morgan fingerprint density at radius 2 is 1.95 bits per heavy atom. The Labute approximate surface area is 116 Å². The van der Waals surface area contributed by atoms with Crippen LogP contribution in [-0.4, -0.2) is 50.7 Å². The number of rotatable bonds is 4. The summed E-state index contributed by atoms with van der Waals surface area (Å²) in [6.45, 7) is 8.05. The van der Waals surface area contributed by atoms with Gasteiger partial charge < -0.3 is 4.52 Å². The number of aryl methyl sites for hydroxylation is 1. The predicted octanol–water partition coefficient (Wildman–Crippen LogP) is 1.15. The Morgan fingerprint density at radius 1 is 1.21 bits per heavy atom. The van der Waals surface area contributed by atoms with E-state index in [1.165, 1.54) is 16.4 Å². The number of hydrogen-bond donors (Lipinski definition) is 0. The Kier molecular flexibility index (Phi) is 3.86. The molecule has 0 N–H and O–H groups in total. The van der Waals surface area contributed by atoms with Gasteiger partial charge in [-0.05, 0) is 18.5 Å². The van der Waals surface area contributed by atoms with Crippen molar-refractivity contribution < 1.29 is 4.52 Å². The zero-order valence-corrected chi connectivity index (χ0v) is 11.8. The quantitative estimate of drug-likeness (QED) is 0.837. The molecule has 0 spiro atoms. The average Bonchev–Trinajstić information content (AvgIpc) is 3.04. The summed E-state index contributed by atoms with van der Waals surface area (Å²) in [5.74, 6) is 0.956. The van der Waals surface area contributed by atoms with Crippen molar-refractivity contribution in [2.24, 2.45) is 0 Å². The molecule has 1 aliphatic rings. The highest BCUT2D eigenvalue weighted by Gasteiger charge is 2.18. The van der Waals surface area contributed by atoms with Crippen LogP contribution in [0.4, 0.5) is 0 Å². The van der Waals surface area contributed by atoms with Crippen LogP contribution < -0.4 is 0 Å². The molecular weight excluding hydrogens is 262 g/mol. The van der Waals surface area contributed by atoms with Crippen LogP contribution in [0.1, 0.15) is 16.3 Å². The predicted molar refractivity (Wildman–Crippen MR) is 71.7 cm³/mol. The van der Waals surface area contributed by atoms with Crippen LogP contribution in [0, 0.1) is 6.92 Å². The van der Waals surface area contributed by atoms with Crippen LogP contribution in [0.25, 0.3) is 0 Å². The van der Waals surface area contributed by atoms with Crippen molar-refractivity contribution in [1.29, 1.82) is 0 Å². The Morgan fingerprint density at radius 3 is 2.53 bits per heavy atom. The van der Waals surface area contributed by atoms with Crippen LogP contribution >= 0.6 is 11.5 Å². The second-order valence-electron chi connectivity index (χ2n) is 4.87. The molecule has 1 fully saturated rings. The second kappa shape index (κ2) is 5.77. The third-order valence-electron chi connectivity index (χ3n) is 3.31. The standard InChI is InChI=1S/C12H17N5OS/c1-10-6-11(18-14-10)8-16-2-4-17(5-3-16)9-12-7-13-15-19-12/h6-7H,2-5,8-9H2,1H3. The van der Waals surface area contributed by atoms with Gasteiger partial charge in [-0.1, -0.05) is 9.64 Å². The molecule has 0 amide bonds. The fourth-order valence-corrected chi connectivity index (χ4v) is 2.83. The van der Waals surface area contributed by atoms with Crippen LogP contribution in [0.2, 0.25) is 0 Å². The number of nitrogens with zero attached hydrogens (tertiary/aromatic N) is 5. The van der Waals surface area contributed by atoms with Gasteiger partial charge in [0.05, 0.1) is 23.3 Å². The van der Waals surface area contributed by atoms with Gasteiger partial charge in [0.15, 0.2) is 5.76 Å². The Balaban J connectivity index is 1.46. The summed E-state index contributed by atoms with van der Waals surface area (Å²) in [6, 6.07) is 2.01. The van der Waals surface area contributed by atoms with Crippen LogP contribution in [0.3, 0.4) is 0 Å². The zero-order valence-electron chi connectivity index (χ0n) is 10.9. The molecule has 0 radical (unpaired) electrons. The maximum atomic E-state index is 5.26. The maximum absolute atomic E-state index is 5.26. The highest BCUT2D eigenvalue weighted by Crippen LogP contribution is 2.12. The first-order chi connectivity index (χ1) is 9.29. The van der Waals surface area contributed by atoms with E-state index < -0.39 is 0 Å². The zero-order chi connectivity index (χ0) is 13.1. The lowest BCUT2D eigenvalue weighted by Crippen LogP contribution is -2.45. The lowest BCUT2D eigenvalue weighted by atomic mass is 10.3. The molecule has 0 atom stereocenters. The fraction of sp³-hybridized carbons (Fsp3) is 0.583. The molecule has 102 valence electrons. The number of piperazine rings is 1. The van der Waals surface area contributed by atoms with Crippen LogP contribution in [0.15, 0.2) is 16.8 Å². The monoisotopic (exact) mass is 279 g/mol. The summed E-state index contributed by atoms with van der Waals surface area (Å²) in [6.07, 6.45) is 1.86. The van der Waals surface area contributed by atoms with Gasteiger partial charge in [-0.2, -0.15) is 0 Å². The molecule has 0 aromatic carbocycles. The molecule has 6 nitrogen and oxygen atoms in total. The smallest absolute Gasteiger partial charge is 0.150 e. The molecule has 0 saturated carbocycles. The van der Waals surface area contributed by atoms with Gasteiger partial charge in [-0.3, -0.25) is 9.80 Å². The molecule has 3 heterocycles. The lowest BCUT2D eigenvalue weighted by Gasteiger charge is -2.33. The first kappa shape index (κ1) is 12.7.